The quantitative estimate of drug-likeness (QED) is 0.261. The summed E-state index contributed by atoms with van der Waals surface area (Å²) in [5.74, 6) is 0.971. The smallest absolute Gasteiger partial charge is 0.320 e. The van der Waals surface area contributed by atoms with E-state index in [4.69, 9.17) is 9.79 Å². The van der Waals surface area contributed by atoms with Gasteiger partial charge in [-0.2, -0.15) is 8.78 Å². The fourth-order valence-corrected chi connectivity index (χ4v) is 5.21. The molecule has 0 heterocycles. The number of aryl methyl sites for hydroxylation is 3. The Morgan fingerprint density at radius 2 is 1.70 bits per heavy atom. The molecule has 0 fully saturated rings. The highest BCUT2D eigenvalue weighted by Crippen LogP contribution is 2.60. The molecular weight excluding hydrogens is 457 g/mol. The van der Waals surface area contributed by atoms with Gasteiger partial charge in [0.2, 0.25) is 0 Å². The summed E-state index contributed by atoms with van der Waals surface area (Å²) in [5, 5.41) is 0. The zero-order valence-corrected chi connectivity index (χ0v) is 18.4. The highest BCUT2D eigenvalue weighted by atomic mass is 79.9. The lowest BCUT2D eigenvalue weighted by Gasteiger charge is -2.19. The maximum absolute atomic E-state index is 13.8. The second-order valence-electron chi connectivity index (χ2n) is 6.53. The standard InChI is InChI=1S/C19H22BrF2O3PS/c1-13-9-14(2)11-16(10-13)27-8-4-3-5-15-6-7-17(18(20)12-15)19(21,22)26(23,24)25/h6-7,9-12H,3-5,8H2,1-2H3,(H2,23,24,25). The molecule has 0 radical (unpaired) electrons. The van der Waals surface area contributed by atoms with Crippen molar-refractivity contribution in [3.63, 3.8) is 0 Å². The molecule has 0 saturated carbocycles. The number of rotatable bonds is 8. The van der Waals surface area contributed by atoms with E-state index in [0.717, 1.165) is 30.2 Å². The van der Waals surface area contributed by atoms with Crippen LogP contribution in [0.1, 0.15) is 35.1 Å². The third-order valence-corrected chi connectivity index (χ3v) is 6.74. The van der Waals surface area contributed by atoms with Crippen LogP contribution in [0.4, 0.5) is 8.78 Å². The third-order valence-electron chi connectivity index (χ3n) is 4.05. The Balaban J connectivity index is 1.88. The normalized spacial score (nSPS) is 12.4. The van der Waals surface area contributed by atoms with Crippen LogP contribution in [0.3, 0.4) is 0 Å². The van der Waals surface area contributed by atoms with E-state index in [-0.39, 0.29) is 4.47 Å². The van der Waals surface area contributed by atoms with Crippen LogP contribution < -0.4 is 0 Å². The summed E-state index contributed by atoms with van der Waals surface area (Å²) in [7, 11) is -5.57. The molecule has 0 bridgehead atoms. The Kier molecular flexibility index (Phi) is 7.68. The van der Waals surface area contributed by atoms with Gasteiger partial charge in [-0.05, 0) is 73.8 Å². The van der Waals surface area contributed by atoms with E-state index in [9.17, 15) is 13.3 Å². The SMILES string of the molecule is Cc1cc(C)cc(SCCCCc2ccc(C(F)(F)P(=O)(O)O)c(Br)c2)c1. The van der Waals surface area contributed by atoms with Crippen LogP contribution in [-0.4, -0.2) is 15.5 Å². The molecule has 0 aliphatic carbocycles. The minimum Gasteiger partial charge on any atom is -0.320 e. The van der Waals surface area contributed by atoms with Gasteiger partial charge in [0.05, 0.1) is 0 Å². The Morgan fingerprint density at radius 3 is 2.26 bits per heavy atom. The molecule has 0 aromatic heterocycles. The Morgan fingerprint density at radius 1 is 1.07 bits per heavy atom. The molecule has 0 aliphatic rings. The summed E-state index contributed by atoms with van der Waals surface area (Å²) in [6, 6.07) is 10.6. The first kappa shape index (κ1) is 22.6. The number of benzene rings is 2. The molecule has 2 rings (SSSR count). The minimum absolute atomic E-state index is 0.0120. The summed E-state index contributed by atoms with van der Waals surface area (Å²) in [5.41, 5.74) is -1.55. The molecule has 0 amide bonds. The summed E-state index contributed by atoms with van der Waals surface area (Å²) in [6.45, 7) is 4.16. The van der Waals surface area contributed by atoms with E-state index in [1.165, 1.54) is 28.2 Å². The maximum atomic E-state index is 13.8. The molecule has 2 aromatic carbocycles. The van der Waals surface area contributed by atoms with Gasteiger partial charge >= 0.3 is 13.3 Å². The van der Waals surface area contributed by atoms with Gasteiger partial charge in [0, 0.05) is 14.9 Å². The van der Waals surface area contributed by atoms with Crippen molar-refractivity contribution in [3.8, 4) is 0 Å². The highest BCUT2D eigenvalue weighted by Gasteiger charge is 2.51. The molecule has 0 spiro atoms. The molecule has 2 aromatic rings. The average molecular weight is 479 g/mol. The average Bonchev–Trinajstić information content (AvgIpc) is 2.52. The van der Waals surface area contributed by atoms with Crippen LogP contribution in [-0.2, 0) is 16.6 Å². The number of hydrogen-bond acceptors (Lipinski definition) is 2. The van der Waals surface area contributed by atoms with Crippen molar-refractivity contribution >= 4 is 35.3 Å². The number of halogens is 3. The zero-order chi connectivity index (χ0) is 20.2. The third kappa shape index (κ3) is 6.13. The molecule has 0 aliphatic heterocycles. The first-order valence-corrected chi connectivity index (χ1v) is 11.8. The predicted octanol–water partition coefficient (Wildman–Crippen LogP) is 6.41. The second-order valence-corrected chi connectivity index (χ2v) is 10.2. The number of alkyl halides is 2. The molecule has 27 heavy (non-hydrogen) atoms. The predicted molar refractivity (Wildman–Crippen MR) is 110 cm³/mol. The molecule has 0 saturated heterocycles. The van der Waals surface area contributed by atoms with Crippen LogP contribution in [0.2, 0.25) is 0 Å². The molecule has 0 atom stereocenters. The minimum atomic E-state index is -5.57. The van der Waals surface area contributed by atoms with Gasteiger partial charge < -0.3 is 9.79 Å². The van der Waals surface area contributed by atoms with Gasteiger partial charge in [0.1, 0.15) is 0 Å². The maximum Gasteiger partial charge on any atom is 0.399 e. The van der Waals surface area contributed by atoms with Crippen molar-refractivity contribution in [3.05, 3.63) is 63.1 Å². The topological polar surface area (TPSA) is 57.5 Å². The Bertz CT molecular complexity index is 835. The van der Waals surface area contributed by atoms with Crippen LogP contribution in [0, 0.1) is 13.8 Å². The van der Waals surface area contributed by atoms with Crippen molar-refractivity contribution in [2.24, 2.45) is 0 Å². The number of unbranched alkanes of at least 4 members (excludes halogenated alkanes) is 1. The largest absolute Gasteiger partial charge is 0.399 e. The van der Waals surface area contributed by atoms with E-state index in [1.807, 2.05) is 0 Å². The van der Waals surface area contributed by atoms with E-state index >= 15 is 0 Å². The molecule has 3 nitrogen and oxygen atoms in total. The Labute approximate surface area is 170 Å². The summed E-state index contributed by atoms with van der Waals surface area (Å²) in [6.07, 6.45) is 2.60. The van der Waals surface area contributed by atoms with Crippen LogP contribution in [0.25, 0.3) is 0 Å². The van der Waals surface area contributed by atoms with Crippen molar-refractivity contribution in [2.45, 2.75) is 43.7 Å². The van der Waals surface area contributed by atoms with Crippen LogP contribution in [0.5, 0.6) is 0 Å². The van der Waals surface area contributed by atoms with E-state index in [0.29, 0.717) is 6.42 Å². The van der Waals surface area contributed by atoms with Gasteiger partial charge in [-0.25, -0.2) is 0 Å². The molecule has 0 unspecified atom stereocenters. The number of hydrogen-bond donors (Lipinski definition) is 2. The molecule has 8 heteroatoms. The lowest BCUT2D eigenvalue weighted by molar-refractivity contribution is 0.0557. The lowest BCUT2D eigenvalue weighted by Crippen LogP contribution is -2.14. The van der Waals surface area contributed by atoms with Crippen molar-refractivity contribution < 1.29 is 23.1 Å². The monoisotopic (exact) mass is 478 g/mol. The zero-order valence-electron chi connectivity index (χ0n) is 15.1. The molecular formula is C19H22BrF2O3PS. The second kappa shape index (κ2) is 9.19. The Hall–Kier alpha value is -0.720. The van der Waals surface area contributed by atoms with Crippen molar-refractivity contribution in [1.29, 1.82) is 0 Å². The molecule has 2 N–H and O–H groups in total. The first-order valence-electron chi connectivity index (χ1n) is 8.44. The summed E-state index contributed by atoms with van der Waals surface area (Å²) >= 11 is 4.82. The van der Waals surface area contributed by atoms with Crippen LogP contribution >= 0.6 is 35.3 Å². The van der Waals surface area contributed by atoms with Gasteiger partial charge in [-0.15, -0.1) is 11.8 Å². The highest BCUT2D eigenvalue weighted by molar-refractivity contribution is 9.10. The van der Waals surface area contributed by atoms with Gasteiger partial charge in [-0.3, -0.25) is 4.57 Å². The van der Waals surface area contributed by atoms with E-state index in [2.05, 4.69) is 48.0 Å². The summed E-state index contributed by atoms with van der Waals surface area (Å²) in [4.78, 5) is 19.0. The fourth-order valence-electron chi connectivity index (χ4n) is 2.75. The number of thioether (sulfide) groups is 1. The van der Waals surface area contributed by atoms with E-state index < -0.39 is 18.8 Å². The van der Waals surface area contributed by atoms with Gasteiger partial charge in [-0.1, -0.05) is 34.1 Å². The fraction of sp³-hybridized carbons (Fsp3) is 0.368. The molecule has 148 valence electrons. The lowest BCUT2D eigenvalue weighted by atomic mass is 10.1. The van der Waals surface area contributed by atoms with Crippen LogP contribution in [0.15, 0.2) is 45.8 Å². The van der Waals surface area contributed by atoms with Gasteiger partial charge in [0.15, 0.2) is 0 Å². The first-order chi connectivity index (χ1) is 12.5. The van der Waals surface area contributed by atoms with Crippen molar-refractivity contribution in [1.82, 2.24) is 0 Å². The van der Waals surface area contributed by atoms with E-state index in [1.54, 1.807) is 11.8 Å². The van der Waals surface area contributed by atoms with Gasteiger partial charge in [0.25, 0.3) is 0 Å². The van der Waals surface area contributed by atoms with Crippen molar-refractivity contribution in [2.75, 3.05) is 5.75 Å². The summed E-state index contributed by atoms with van der Waals surface area (Å²) < 4.78 is 38.7.